The highest BCUT2D eigenvalue weighted by Gasteiger charge is 2.29. The van der Waals surface area contributed by atoms with Crippen LogP contribution in [0.3, 0.4) is 0 Å². The Bertz CT molecular complexity index is 741. The van der Waals surface area contributed by atoms with Crippen LogP contribution in [0.25, 0.3) is 11.5 Å². The Kier molecular flexibility index (Phi) is 4.07. The fourth-order valence-electron chi connectivity index (χ4n) is 3.01. The number of hydrogen-bond acceptors (Lipinski definition) is 7. The van der Waals surface area contributed by atoms with Crippen molar-refractivity contribution >= 4 is 11.6 Å². The molecule has 0 bridgehead atoms. The Balaban J connectivity index is 1.62. The fourth-order valence-corrected chi connectivity index (χ4v) is 3.28. The summed E-state index contributed by atoms with van der Waals surface area (Å²) in [6, 6.07) is 3.54. The van der Waals surface area contributed by atoms with Gasteiger partial charge < -0.3 is 23.5 Å². The van der Waals surface area contributed by atoms with Crippen molar-refractivity contribution in [3.63, 3.8) is 0 Å². The van der Waals surface area contributed by atoms with Crippen LogP contribution >= 0.6 is 11.6 Å². The zero-order valence-electron chi connectivity index (χ0n) is 13.5. The number of benzene rings is 1. The van der Waals surface area contributed by atoms with E-state index in [1.807, 2.05) is 14.0 Å². The van der Waals surface area contributed by atoms with Gasteiger partial charge in [-0.05, 0) is 26.1 Å². The van der Waals surface area contributed by atoms with Gasteiger partial charge in [-0.15, -0.1) is 10.2 Å². The van der Waals surface area contributed by atoms with Crippen molar-refractivity contribution in [3.8, 4) is 23.0 Å². The second-order valence-corrected chi connectivity index (χ2v) is 6.49. The minimum Gasteiger partial charge on any atom is -0.486 e. The molecule has 0 unspecified atom stereocenters. The van der Waals surface area contributed by atoms with E-state index in [1.54, 1.807) is 12.1 Å². The molecule has 24 heavy (non-hydrogen) atoms. The molecule has 1 fully saturated rings. The smallest absolute Gasteiger partial charge is 0.248 e. The lowest BCUT2D eigenvalue weighted by molar-refractivity contribution is -0.0821. The maximum atomic E-state index is 6.26. The highest BCUT2D eigenvalue weighted by Crippen LogP contribution is 2.41. The molecule has 0 spiro atoms. The van der Waals surface area contributed by atoms with Crippen molar-refractivity contribution in [1.29, 1.82) is 0 Å². The summed E-state index contributed by atoms with van der Waals surface area (Å²) in [5.74, 6) is 1.99. The van der Waals surface area contributed by atoms with Gasteiger partial charge in [-0.2, -0.15) is 0 Å². The molecular formula is C16H18ClN3O4. The number of halogens is 1. The largest absolute Gasteiger partial charge is 0.486 e. The first kappa shape index (κ1) is 15.7. The lowest BCUT2D eigenvalue weighted by Gasteiger charge is -2.32. The SMILES string of the molecule is C[C@@H]1CN(C)C[C@H](c2nnc(-c3cc(Cl)c4c(c3)OCCO4)o2)O1. The normalized spacial score (nSPS) is 24.1. The average Bonchev–Trinajstić information content (AvgIpc) is 3.04. The average molecular weight is 352 g/mol. The molecule has 1 aromatic heterocycles. The topological polar surface area (TPSA) is 69.9 Å². The van der Waals surface area contributed by atoms with Gasteiger partial charge in [-0.25, -0.2) is 0 Å². The van der Waals surface area contributed by atoms with Gasteiger partial charge in [0.05, 0.1) is 11.1 Å². The van der Waals surface area contributed by atoms with E-state index in [-0.39, 0.29) is 12.2 Å². The molecule has 2 atom stereocenters. The molecule has 7 nitrogen and oxygen atoms in total. The quantitative estimate of drug-likeness (QED) is 0.823. The summed E-state index contributed by atoms with van der Waals surface area (Å²) >= 11 is 6.26. The van der Waals surface area contributed by atoms with Crippen LogP contribution in [0.15, 0.2) is 16.5 Å². The molecule has 1 aromatic carbocycles. The first-order valence-electron chi connectivity index (χ1n) is 7.87. The lowest BCUT2D eigenvalue weighted by atomic mass is 10.2. The molecule has 2 aliphatic rings. The van der Waals surface area contributed by atoms with Crippen molar-refractivity contribution in [2.24, 2.45) is 0 Å². The lowest BCUT2D eigenvalue weighted by Crippen LogP contribution is -2.40. The van der Waals surface area contributed by atoms with E-state index >= 15 is 0 Å². The van der Waals surface area contributed by atoms with E-state index in [1.165, 1.54) is 0 Å². The van der Waals surface area contributed by atoms with Gasteiger partial charge in [0.15, 0.2) is 11.5 Å². The van der Waals surface area contributed by atoms with Crippen LogP contribution < -0.4 is 9.47 Å². The first-order valence-corrected chi connectivity index (χ1v) is 8.25. The summed E-state index contributed by atoms with van der Waals surface area (Å²) in [7, 11) is 2.05. The van der Waals surface area contributed by atoms with Gasteiger partial charge in [0.2, 0.25) is 11.8 Å². The van der Waals surface area contributed by atoms with E-state index in [4.69, 9.17) is 30.2 Å². The number of hydrogen-bond donors (Lipinski definition) is 0. The Morgan fingerprint density at radius 3 is 2.83 bits per heavy atom. The van der Waals surface area contributed by atoms with Gasteiger partial charge in [0.25, 0.3) is 0 Å². The Morgan fingerprint density at radius 1 is 1.17 bits per heavy atom. The van der Waals surface area contributed by atoms with Gasteiger partial charge in [0, 0.05) is 18.7 Å². The van der Waals surface area contributed by atoms with E-state index in [0.29, 0.717) is 53.6 Å². The van der Waals surface area contributed by atoms with E-state index in [9.17, 15) is 0 Å². The van der Waals surface area contributed by atoms with Crippen LogP contribution in [-0.4, -0.2) is 54.6 Å². The van der Waals surface area contributed by atoms with Crippen molar-refractivity contribution in [2.45, 2.75) is 19.1 Å². The second kappa shape index (κ2) is 6.23. The molecule has 2 aromatic rings. The minimum atomic E-state index is -0.229. The van der Waals surface area contributed by atoms with Crippen molar-refractivity contribution < 1.29 is 18.6 Å². The third kappa shape index (κ3) is 2.94. The van der Waals surface area contributed by atoms with Crippen molar-refractivity contribution in [3.05, 3.63) is 23.0 Å². The van der Waals surface area contributed by atoms with Crippen molar-refractivity contribution in [1.82, 2.24) is 15.1 Å². The summed E-state index contributed by atoms with van der Waals surface area (Å²) < 4.78 is 22.8. The number of nitrogens with zero attached hydrogens (tertiary/aromatic N) is 3. The minimum absolute atomic E-state index is 0.118. The van der Waals surface area contributed by atoms with Crippen LogP contribution in [0.2, 0.25) is 5.02 Å². The molecule has 3 heterocycles. The van der Waals surface area contributed by atoms with Gasteiger partial charge in [-0.1, -0.05) is 11.6 Å². The van der Waals surface area contributed by atoms with Crippen molar-refractivity contribution in [2.75, 3.05) is 33.4 Å². The number of likely N-dealkylation sites (N-methyl/N-ethyl adjacent to an activating group) is 1. The molecule has 0 N–H and O–H groups in total. The number of rotatable bonds is 2. The molecular weight excluding hydrogens is 334 g/mol. The molecule has 0 radical (unpaired) electrons. The third-order valence-corrected chi connectivity index (χ3v) is 4.28. The summed E-state index contributed by atoms with van der Waals surface area (Å²) in [4.78, 5) is 2.18. The molecule has 2 aliphatic heterocycles. The molecule has 128 valence electrons. The summed E-state index contributed by atoms with van der Waals surface area (Å²) in [5.41, 5.74) is 0.695. The van der Waals surface area contributed by atoms with Gasteiger partial charge in [-0.3, -0.25) is 0 Å². The third-order valence-electron chi connectivity index (χ3n) is 4.00. The molecule has 8 heteroatoms. The standard InChI is InChI=1S/C16H18ClN3O4/c1-9-7-20(2)8-13(23-9)16-19-18-15(24-16)10-5-11(17)14-12(6-10)21-3-4-22-14/h5-6,9,13H,3-4,7-8H2,1-2H3/t9-,13-/m1/s1. The Morgan fingerprint density at radius 2 is 2.00 bits per heavy atom. The maximum Gasteiger partial charge on any atom is 0.248 e. The van der Waals surface area contributed by atoms with Crippen LogP contribution in [0, 0.1) is 0 Å². The molecule has 0 amide bonds. The summed E-state index contributed by atoms with van der Waals surface area (Å²) in [5, 5.41) is 8.74. The molecule has 4 rings (SSSR count). The Hall–Kier alpha value is -1.83. The zero-order valence-corrected chi connectivity index (χ0v) is 14.2. The van der Waals surface area contributed by atoms with Crippen LogP contribution in [0.1, 0.15) is 18.9 Å². The predicted octanol–water partition coefficient (Wildman–Crippen LogP) is 2.55. The molecule has 0 aliphatic carbocycles. The molecule has 0 saturated carbocycles. The van der Waals surface area contributed by atoms with Gasteiger partial charge in [0.1, 0.15) is 19.3 Å². The second-order valence-electron chi connectivity index (χ2n) is 6.08. The fraction of sp³-hybridized carbons (Fsp3) is 0.500. The number of ether oxygens (including phenoxy) is 3. The highest BCUT2D eigenvalue weighted by molar-refractivity contribution is 6.32. The summed E-state index contributed by atoms with van der Waals surface area (Å²) in [6.07, 6.45) is -0.111. The van der Waals surface area contributed by atoms with Gasteiger partial charge >= 0.3 is 0 Å². The monoisotopic (exact) mass is 351 g/mol. The number of fused-ring (bicyclic) bond motifs is 1. The predicted molar refractivity (Wildman–Crippen MR) is 86.5 cm³/mol. The first-order chi connectivity index (χ1) is 11.6. The number of morpholine rings is 1. The van der Waals surface area contributed by atoms with Crippen LogP contribution in [0.4, 0.5) is 0 Å². The Labute approximate surface area is 144 Å². The summed E-state index contributed by atoms with van der Waals surface area (Å²) in [6.45, 7) is 4.60. The van der Waals surface area contributed by atoms with E-state index < -0.39 is 0 Å². The van der Waals surface area contributed by atoms with E-state index in [2.05, 4.69) is 15.1 Å². The molecule has 1 saturated heterocycles. The number of aromatic nitrogens is 2. The maximum absolute atomic E-state index is 6.26. The van der Waals surface area contributed by atoms with E-state index in [0.717, 1.165) is 6.54 Å². The van der Waals surface area contributed by atoms with Crippen LogP contribution in [-0.2, 0) is 4.74 Å². The van der Waals surface area contributed by atoms with Crippen LogP contribution in [0.5, 0.6) is 11.5 Å². The zero-order chi connectivity index (χ0) is 16.7. The highest BCUT2D eigenvalue weighted by atomic mass is 35.5.